The molecule has 0 aliphatic carbocycles. The molecule has 1 fully saturated rings. The first-order chi connectivity index (χ1) is 15.3. The second kappa shape index (κ2) is 10.5. The summed E-state index contributed by atoms with van der Waals surface area (Å²) >= 11 is 0. The predicted molar refractivity (Wildman–Crippen MR) is 132 cm³/mol. The summed E-state index contributed by atoms with van der Waals surface area (Å²) < 4.78 is 0. The Morgan fingerprint density at radius 3 is 2.09 bits per heavy atom. The number of benzene rings is 2. The number of urea groups is 1. The molecule has 0 radical (unpaired) electrons. The average Bonchev–Trinajstić information content (AvgIpc) is 2.79. The van der Waals surface area contributed by atoms with Gasteiger partial charge in [-0.15, -0.1) is 0 Å². The number of piperazine rings is 1. The van der Waals surface area contributed by atoms with Crippen molar-refractivity contribution in [1.29, 1.82) is 0 Å². The molecule has 1 saturated heterocycles. The molecule has 1 aliphatic rings. The Labute approximate surface area is 192 Å². The number of nitrogens with one attached hydrogen (secondary N) is 2. The van der Waals surface area contributed by atoms with Gasteiger partial charge in [0.2, 0.25) is 0 Å². The third kappa shape index (κ3) is 6.25. The zero-order valence-corrected chi connectivity index (χ0v) is 19.8. The molecule has 2 aromatic rings. The first-order valence-corrected chi connectivity index (χ1v) is 11.6. The number of unbranched alkanes of at least 4 members (excludes halogenated alkanes) is 1. The number of carbonyl (C=O) groups is 2. The quantitative estimate of drug-likeness (QED) is 0.635. The average molecular weight is 437 g/mol. The number of anilines is 2. The van der Waals surface area contributed by atoms with Crippen LogP contribution in [0.4, 0.5) is 16.2 Å². The summed E-state index contributed by atoms with van der Waals surface area (Å²) in [5, 5.41) is 5.71. The maximum absolute atomic E-state index is 12.9. The van der Waals surface area contributed by atoms with Crippen LogP contribution in [-0.2, 0) is 5.41 Å². The van der Waals surface area contributed by atoms with E-state index in [-0.39, 0.29) is 17.4 Å². The highest BCUT2D eigenvalue weighted by Crippen LogP contribution is 2.23. The fourth-order valence-electron chi connectivity index (χ4n) is 3.77. The molecule has 0 saturated carbocycles. The highest BCUT2D eigenvalue weighted by atomic mass is 16.2. The van der Waals surface area contributed by atoms with Gasteiger partial charge in [0, 0.05) is 49.7 Å². The van der Waals surface area contributed by atoms with Gasteiger partial charge in [0.05, 0.1) is 0 Å². The van der Waals surface area contributed by atoms with Gasteiger partial charge in [0.15, 0.2) is 0 Å². The maximum Gasteiger partial charge on any atom is 0.319 e. The second-order valence-electron chi connectivity index (χ2n) is 9.39. The molecule has 1 aliphatic heterocycles. The van der Waals surface area contributed by atoms with E-state index in [1.54, 1.807) is 0 Å². The Balaban J connectivity index is 1.51. The SMILES string of the molecule is CCCCNC(=O)Nc1ccc(N2CCN(C(=O)c3ccc(C(C)(C)C)cc3)CC2)cc1. The summed E-state index contributed by atoms with van der Waals surface area (Å²) in [5.41, 5.74) is 3.94. The minimum atomic E-state index is -0.172. The molecule has 0 spiro atoms. The minimum absolute atomic E-state index is 0.0805. The molecule has 2 aromatic carbocycles. The van der Waals surface area contributed by atoms with Gasteiger partial charge in [-0.2, -0.15) is 0 Å². The van der Waals surface area contributed by atoms with Crippen molar-refractivity contribution in [3.8, 4) is 0 Å². The van der Waals surface area contributed by atoms with Crippen LogP contribution in [-0.4, -0.2) is 49.6 Å². The van der Waals surface area contributed by atoms with Gasteiger partial charge in [0.25, 0.3) is 5.91 Å². The smallest absolute Gasteiger partial charge is 0.319 e. The molecule has 6 nitrogen and oxygen atoms in total. The van der Waals surface area contributed by atoms with Crippen molar-refractivity contribution in [2.75, 3.05) is 42.9 Å². The van der Waals surface area contributed by atoms with E-state index in [0.717, 1.165) is 42.9 Å². The van der Waals surface area contributed by atoms with Gasteiger partial charge >= 0.3 is 6.03 Å². The molecule has 3 amide bonds. The number of amides is 3. The van der Waals surface area contributed by atoms with E-state index in [1.807, 2.05) is 41.3 Å². The lowest BCUT2D eigenvalue weighted by Crippen LogP contribution is -2.48. The largest absolute Gasteiger partial charge is 0.368 e. The van der Waals surface area contributed by atoms with Crippen LogP contribution in [0.2, 0.25) is 0 Å². The summed E-state index contributed by atoms with van der Waals surface area (Å²) in [6.07, 6.45) is 2.03. The van der Waals surface area contributed by atoms with Crippen molar-refractivity contribution in [1.82, 2.24) is 10.2 Å². The Morgan fingerprint density at radius 1 is 0.906 bits per heavy atom. The van der Waals surface area contributed by atoms with Gasteiger partial charge in [0.1, 0.15) is 0 Å². The topological polar surface area (TPSA) is 64.7 Å². The number of rotatable bonds is 6. The van der Waals surface area contributed by atoms with Crippen LogP contribution in [0.5, 0.6) is 0 Å². The summed E-state index contributed by atoms with van der Waals surface area (Å²) in [6.45, 7) is 12.3. The molecule has 6 heteroatoms. The maximum atomic E-state index is 12.9. The van der Waals surface area contributed by atoms with Gasteiger partial charge in [-0.05, 0) is 53.8 Å². The van der Waals surface area contributed by atoms with Gasteiger partial charge in [-0.25, -0.2) is 4.79 Å². The van der Waals surface area contributed by atoms with E-state index in [9.17, 15) is 9.59 Å². The summed E-state index contributed by atoms with van der Waals surface area (Å²) in [5.74, 6) is 0.0961. The lowest BCUT2D eigenvalue weighted by molar-refractivity contribution is 0.0746. The summed E-state index contributed by atoms with van der Waals surface area (Å²) in [6, 6.07) is 15.7. The first kappa shape index (κ1) is 23.6. The van der Waals surface area contributed by atoms with Crippen molar-refractivity contribution in [3.63, 3.8) is 0 Å². The lowest BCUT2D eigenvalue weighted by atomic mass is 9.86. The Kier molecular flexibility index (Phi) is 7.78. The Bertz CT molecular complexity index is 893. The lowest BCUT2D eigenvalue weighted by Gasteiger charge is -2.36. The first-order valence-electron chi connectivity index (χ1n) is 11.6. The highest BCUT2D eigenvalue weighted by molar-refractivity contribution is 5.94. The molecular weight excluding hydrogens is 400 g/mol. The minimum Gasteiger partial charge on any atom is -0.368 e. The normalized spacial score (nSPS) is 14.2. The summed E-state index contributed by atoms with van der Waals surface area (Å²) in [7, 11) is 0. The number of hydrogen-bond acceptors (Lipinski definition) is 3. The molecule has 0 bridgehead atoms. The van der Waals surface area contributed by atoms with E-state index >= 15 is 0 Å². The van der Waals surface area contributed by atoms with Crippen LogP contribution in [0, 0.1) is 0 Å². The van der Waals surface area contributed by atoms with Crippen molar-refractivity contribution in [2.24, 2.45) is 0 Å². The summed E-state index contributed by atoms with van der Waals surface area (Å²) in [4.78, 5) is 29.0. The molecule has 0 unspecified atom stereocenters. The van der Waals surface area contributed by atoms with E-state index in [0.29, 0.717) is 19.6 Å². The molecule has 32 heavy (non-hydrogen) atoms. The standard InChI is InChI=1S/C26H36N4O2/c1-5-6-15-27-25(32)28-22-11-13-23(14-12-22)29-16-18-30(19-17-29)24(31)20-7-9-21(10-8-20)26(2,3)4/h7-14H,5-6,15-19H2,1-4H3,(H2,27,28,32). The molecular formula is C26H36N4O2. The van der Waals surface area contributed by atoms with Crippen LogP contribution in [0.3, 0.4) is 0 Å². The number of carbonyl (C=O) groups excluding carboxylic acids is 2. The molecule has 0 aromatic heterocycles. The monoisotopic (exact) mass is 436 g/mol. The highest BCUT2D eigenvalue weighted by Gasteiger charge is 2.23. The molecule has 3 rings (SSSR count). The third-order valence-electron chi connectivity index (χ3n) is 5.87. The van der Waals surface area contributed by atoms with Crippen LogP contribution in [0.25, 0.3) is 0 Å². The van der Waals surface area contributed by atoms with E-state index in [2.05, 4.69) is 55.4 Å². The van der Waals surface area contributed by atoms with Crippen LogP contribution >= 0.6 is 0 Å². The third-order valence-corrected chi connectivity index (χ3v) is 5.87. The Morgan fingerprint density at radius 2 is 1.53 bits per heavy atom. The van der Waals surface area contributed by atoms with E-state index < -0.39 is 0 Å². The second-order valence-corrected chi connectivity index (χ2v) is 9.39. The fraction of sp³-hybridized carbons (Fsp3) is 0.462. The van der Waals surface area contributed by atoms with Crippen molar-refractivity contribution >= 4 is 23.3 Å². The van der Waals surface area contributed by atoms with Crippen molar-refractivity contribution in [3.05, 3.63) is 59.7 Å². The van der Waals surface area contributed by atoms with E-state index in [4.69, 9.17) is 0 Å². The number of nitrogens with zero attached hydrogens (tertiary/aromatic N) is 2. The van der Waals surface area contributed by atoms with Crippen molar-refractivity contribution < 1.29 is 9.59 Å². The molecule has 1 heterocycles. The zero-order valence-electron chi connectivity index (χ0n) is 19.8. The van der Waals surface area contributed by atoms with Crippen molar-refractivity contribution in [2.45, 2.75) is 46.0 Å². The molecule has 2 N–H and O–H groups in total. The van der Waals surface area contributed by atoms with Crippen LogP contribution in [0.15, 0.2) is 48.5 Å². The fourth-order valence-corrected chi connectivity index (χ4v) is 3.77. The van der Waals surface area contributed by atoms with E-state index in [1.165, 1.54) is 5.56 Å². The zero-order chi connectivity index (χ0) is 23.1. The van der Waals surface area contributed by atoms with Gasteiger partial charge in [-0.1, -0.05) is 46.2 Å². The van der Waals surface area contributed by atoms with Gasteiger partial charge in [-0.3, -0.25) is 4.79 Å². The number of hydrogen-bond donors (Lipinski definition) is 2. The van der Waals surface area contributed by atoms with Gasteiger partial charge < -0.3 is 20.4 Å². The molecule has 172 valence electrons. The van der Waals surface area contributed by atoms with Crippen LogP contribution < -0.4 is 15.5 Å². The Hall–Kier alpha value is -3.02. The van der Waals surface area contributed by atoms with Crippen LogP contribution in [0.1, 0.15) is 56.5 Å². The predicted octanol–water partition coefficient (Wildman–Crippen LogP) is 4.87. The molecule has 0 atom stereocenters.